The lowest BCUT2D eigenvalue weighted by atomic mass is 9.89. The minimum atomic E-state index is -0.0348. The molecule has 1 unspecified atom stereocenters. The molecule has 0 saturated carbocycles. The summed E-state index contributed by atoms with van der Waals surface area (Å²) in [6.45, 7) is 2.17. The minimum Gasteiger partial charge on any atom is -0.496 e. The number of hydrogen-bond acceptors (Lipinski definition) is 5. The van der Waals surface area contributed by atoms with Gasteiger partial charge in [0.2, 0.25) is 5.88 Å². The molecule has 0 amide bonds. The standard InChI is InChI=1S/C27H32BrN3O3/c1-18(32)14-20(24-16-21(28)9-11-26(24)33-3)15-23-17-27(31(2)30-23)34-13-12-22-10-8-19-6-4-5-7-25(19)29-22/h8-11,16-17,20H,4-7,12-15H2,1-3H3. The summed E-state index contributed by atoms with van der Waals surface area (Å²) < 4.78 is 14.3. The first-order chi connectivity index (χ1) is 16.4. The van der Waals surface area contributed by atoms with E-state index in [9.17, 15) is 4.79 Å². The van der Waals surface area contributed by atoms with Crippen LogP contribution in [0.5, 0.6) is 11.6 Å². The van der Waals surface area contributed by atoms with E-state index in [4.69, 9.17) is 14.5 Å². The molecule has 0 N–H and O–H groups in total. The van der Waals surface area contributed by atoms with Gasteiger partial charge in [0.1, 0.15) is 11.5 Å². The minimum absolute atomic E-state index is 0.0348. The number of nitrogens with zero attached hydrogens (tertiary/aromatic N) is 3. The van der Waals surface area contributed by atoms with Crippen LogP contribution in [0, 0.1) is 0 Å². The summed E-state index contributed by atoms with van der Waals surface area (Å²) in [5, 5.41) is 4.66. The molecule has 3 aromatic rings. The first-order valence-electron chi connectivity index (χ1n) is 11.9. The Bertz CT molecular complexity index is 1160. The molecule has 4 rings (SSSR count). The number of methoxy groups -OCH3 is 1. The van der Waals surface area contributed by atoms with E-state index >= 15 is 0 Å². The van der Waals surface area contributed by atoms with Gasteiger partial charge in [-0.25, -0.2) is 4.68 Å². The van der Waals surface area contributed by atoms with Crippen molar-refractivity contribution >= 4 is 21.7 Å². The molecule has 34 heavy (non-hydrogen) atoms. The Morgan fingerprint density at radius 3 is 2.76 bits per heavy atom. The normalized spacial score (nSPS) is 13.9. The molecule has 1 atom stereocenters. The van der Waals surface area contributed by atoms with Crippen molar-refractivity contribution in [3.63, 3.8) is 0 Å². The van der Waals surface area contributed by atoms with E-state index in [0.717, 1.165) is 52.3 Å². The molecule has 0 spiro atoms. The first-order valence-corrected chi connectivity index (χ1v) is 12.7. The number of ketones is 1. The van der Waals surface area contributed by atoms with Crippen LogP contribution in [0.1, 0.15) is 60.3 Å². The van der Waals surface area contributed by atoms with E-state index in [1.54, 1.807) is 18.7 Å². The Labute approximate surface area is 209 Å². The molecular weight excluding hydrogens is 494 g/mol. The highest BCUT2D eigenvalue weighted by Crippen LogP contribution is 2.34. The highest BCUT2D eigenvalue weighted by atomic mass is 79.9. The van der Waals surface area contributed by atoms with E-state index in [0.29, 0.717) is 19.4 Å². The van der Waals surface area contributed by atoms with Crippen LogP contribution in [0.25, 0.3) is 0 Å². The number of rotatable bonds is 10. The van der Waals surface area contributed by atoms with Crippen LogP contribution in [-0.2, 0) is 37.5 Å². The molecule has 0 radical (unpaired) electrons. The SMILES string of the molecule is COc1ccc(Br)cc1C(CC(C)=O)Cc1cc(OCCc2ccc3c(n2)CCCC3)n(C)n1. The molecule has 0 aliphatic heterocycles. The third kappa shape index (κ3) is 6.06. The zero-order chi connectivity index (χ0) is 24.1. The van der Waals surface area contributed by atoms with Gasteiger partial charge in [-0.2, -0.15) is 5.10 Å². The van der Waals surface area contributed by atoms with E-state index in [-0.39, 0.29) is 11.7 Å². The fraction of sp³-hybridized carbons (Fsp3) is 0.444. The number of hydrogen-bond donors (Lipinski definition) is 0. The molecule has 1 aliphatic carbocycles. The third-order valence-corrected chi connectivity index (χ3v) is 6.85. The van der Waals surface area contributed by atoms with Crippen molar-refractivity contribution in [2.24, 2.45) is 7.05 Å². The number of aromatic nitrogens is 3. The molecule has 7 heteroatoms. The lowest BCUT2D eigenvalue weighted by molar-refractivity contribution is -0.117. The van der Waals surface area contributed by atoms with Crippen LogP contribution in [0.15, 0.2) is 40.9 Å². The molecule has 2 heterocycles. The molecule has 1 aromatic carbocycles. The van der Waals surface area contributed by atoms with Gasteiger partial charge < -0.3 is 14.3 Å². The molecule has 0 fully saturated rings. The predicted octanol–water partition coefficient (Wildman–Crippen LogP) is 5.39. The van der Waals surface area contributed by atoms with Gasteiger partial charge in [-0.05, 0) is 74.4 Å². The average molecular weight is 526 g/mol. The van der Waals surface area contributed by atoms with Crippen molar-refractivity contribution < 1.29 is 14.3 Å². The number of fused-ring (bicyclic) bond motifs is 1. The number of carbonyl (C=O) groups excluding carboxylic acids is 1. The predicted molar refractivity (Wildman–Crippen MR) is 136 cm³/mol. The van der Waals surface area contributed by atoms with Gasteiger partial charge in [0.25, 0.3) is 0 Å². The van der Waals surface area contributed by atoms with Crippen LogP contribution in [0.3, 0.4) is 0 Å². The number of halogens is 1. The summed E-state index contributed by atoms with van der Waals surface area (Å²) in [6, 6.07) is 12.2. The molecule has 0 saturated heterocycles. The third-order valence-electron chi connectivity index (χ3n) is 6.35. The zero-order valence-corrected chi connectivity index (χ0v) is 21.7. The Hall–Kier alpha value is -2.67. The number of aryl methyl sites for hydroxylation is 3. The summed E-state index contributed by atoms with van der Waals surface area (Å²) in [4.78, 5) is 16.9. The lowest BCUT2D eigenvalue weighted by Crippen LogP contribution is -2.10. The number of pyridine rings is 1. The van der Waals surface area contributed by atoms with Gasteiger partial charge in [0.15, 0.2) is 0 Å². The van der Waals surface area contributed by atoms with E-state index in [1.807, 2.05) is 31.3 Å². The van der Waals surface area contributed by atoms with Crippen molar-refractivity contribution in [2.45, 2.75) is 57.8 Å². The van der Waals surface area contributed by atoms with Crippen molar-refractivity contribution in [1.82, 2.24) is 14.8 Å². The van der Waals surface area contributed by atoms with Crippen LogP contribution < -0.4 is 9.47 Å². The van der Waals surface area contributed by atoms with Crippen LogP contribution in [0.4, 0.5) is 0 Å². The average Bonchev–Trinajstić information content (AvgIpc) is 3.17. The van der Waals surface area contributed by atoms with E-state index in [1.165, 1.54) is 24.1 Å². The summed E-state index contributed by atoms with van der Waals surface area (Å²) in [6.07, 6.45) is 6.53. The molecule has 1 aliphatic rings. The second-order valence-electron chi connectivity index (χ2n) is 9.00. The Kier molecular flexibility index (Phi) is 8.03. The van der Waals surface area contributed by atoms with Crippen LogP contribution in [-0.4, -0.2) is 34.3 Å². The highest BCUT2D eigenvalue weighted by Gasteiger charge is 2.21. The van der Waals surface area contributed by atoms with E-state index in [2.05, 4.69) is 33.2 Å². The maximum absolute atomic E-state index is 12.0. The second-order valence-corrected chi connectivity index (χ2v) is 9.92. The van der Waals surface area contributed by atoms with Crippen molar-refractivity contribution in [3.8, 4) is 11.6 Å². The fourth-order valence-electron chi connectivity index (χ4n) is 4.68. The Morgan fingerprint density at radius 1 is 1.15 bits per heavy atom. The van der Waals surface area contributed by atoms with Gasteiger partial charge in [0.05, 0.1) is 19.4 Å². The maximum atomic E-state index is 12.0. The van der Waals surface area contributed by atoms with E-state index < -0.39 is 0 Å². The maximum Gasteiger partial charge on any atom is 0.211 e. The van der Waals surface area contributed by atoms with Crippen molar-refractivity contribution in [3.05, 3.63) is 69.1 Å². The van der Waals surface area contributed by atoms with Gasteiger partial charge >= 0.3 is 0 Å². The Balaban J connectivity index is 1.43. The largest absolute Gasteiger partial charge is 0.496 e. The molecule has 6 nitrogen and oxygen atoms in total. The summed E-state index contributed by atoms with van der Waals surface area (Å²) in [5.74, 6) is 1.60. The number of carbonyl (C=O) groups is 1. The van der Waals surface area contributed by atoms with Crippen molar-refractivity contribution in [2.75, 3.05) is 13.7 Å². The molecule has 2 aromatic heterocycles. The van der Waals surface area contributed by atoms with Crippen molar-refractivity contribution in [1.29, 1.82) is 0 Å². The van der Waals surface area contributed by atoms with Crippen LogP contribution in [0.2, 0.25) is 0 Å². The molecule has 0 bridgehead atoms. The number of benzene rings is 1. The topological polar surface area (TPSA) is 66.2 Å². The second kappa shape index (κ2) is 11.2. The summed E-state index contributed by atoms with van der Waals surface area (Å²) >= 11 is 3.54. The van der Waals surface area contributed by atoms with Crippen LogP contribution >= 0.6 is 15.9 Å². The van der Waals surface area contributed by atoms with Gasteiger partial charge in [-0.3, -0.25) is 4.98 Å². The van der Waals surface area contributed by atoms with Gasteiger partial charge in [-0.1, -0.05) is 22.0 Å². The fourth-order valence-corrected chi connectivity index (χ4v) is 5.06. The lowest BCUT2D eigenvalue weighted by Gasteiger charge is -2.18. The monoisotopic (exact) mass is 525 g/mol. The first kappa shape index (κ1) is 24.5. The van der Waals surface area contributed by atoms with Gasteiger partial charge in [0, 0.05) is 47.7 Å². The number of ether oxygens (including phenoxy) is 2. The quantitative estimate of drug-likeness (QED) is 0.354. The molecule has 180 valence electrons. The number of Topliss-reactive ketones (excluding diaryl/α,β-unsaturated/α-hetero) is 1. The zero-order valence-electron chi connectivity index (χ0n) is 20.1. The summed E-state index contributed by atoms with van der Waals surface area (Å²) in [5.41, 5.74) is 5.61. The Morgan fingerprint density at radius 2 is 1.97 bits per heavy atom. The highest BCUT2D eigenvalue weighted by molar-refractivity contribution is 9.10. The van der Waals surface area contributed by atoms with Gasteiger partial charge in [-0.15, -0.1) is 0 Å². The smallest absolute Gasteiger partial charge is 0.211 e. The molecular formula is C27H32BrN3O3. The summed E-state index contributed by atoms with van der Waals surface area (Å²) in [7, 11) is 3.54.